The number of carbonyl (C=O) groups excluding carboxylic acids is 1. The Morgan fingerprint density at radius 3 is 2.76 bits per heavy atom. The van der Waals surface area contributed by atoms with Crippen molar-refractivity contribution in [1.29, 1.82) is 0 Å². The van der Waals surface area contributed by atoms with Gasteiger partial charge in [0.15, 0.2) is 0 Å². The summed E-state index contributed by atoms with van der Waals surface area (Å²) in [6.45, 7) is 6.25. The van der Waals surface area contributed by atoms with Gasteiger partial charge in [-0.2, -0.15) is 0 Å². The molecule has 0 saturated heterocycles. The molecular weight excluding hydrogens is 360 g/mol. The number of nitrogens with zero attached hydrogens (tertiary/aromatic N) is 1. The van der Waals surface area contributed by atoms with Gasteiger partial charge in [-0.05, 0) is 37.6 Å². The molecule has 8 heteroatoms. The van der Waals surface area contributed by atoms with E-state index >= 15 is 0 Å². The Kier molecular flexibility index (Phi) is 7.36. The van der Waals surface area contributed by atoms with Crippen LogP contribution in [0.4, 0.5) is 17.1 Å². The number of aromatic nitrogens is 1. The van der Waals surface area contributed by atoms with Crippen LogP contribution in [0.25, 0.3) is 0 Å². The van der Waals surface area contributed by atoms with Crippen molar-refractivity contribution < 1.29 is 9.63 Å². The van der Waals surface area contributed by atoms with E-state index in [0.29, 0.717) is 23.0 Å². The van der Waals surface area contributed by atoms with Crippen LogP contribution >= 0.6 is 23.5 Å². The summed E-state index contributed by atoms with van der Waals surface area (Å²) >= 11 is 7.60. The van der Waals surface area contributed by atoms with Crippen LogP contribution in [0.5, 0.6) is 0 Å². The standard InChI is InChI=1S/C17H21ClN4O2S/c1-4-24-21-17(23)12-10-19-16(18)9-14(12)20-13-7-6-11(3)8-15(13)22-25-5-2/h6-10,22H,4-5H2,1-3H3,(H,19,20)(H,21,23). The van der Waals surface area contributed by atoms with Crippen molar-refractivity contribution in [2.45, 2.75) is 20.8 Å². The van der Waals surface area contributed by atoms with Crippen molar-refractivity contribution >= 4 is 46.5 Å². The number of benzene rings is 1. The molecule has 1 heterocycles. The summed E-state index contributed by atoms with van der Waals surface area (Å²) in [5.41, 5.74) is 6.15. The van der Waals surface area contributed by atoms with Gasteiger partial charge in [0, 0.05) is 11.9 Å². The molecule has 3 N–H and O–H groups in total. The second kappa shape index (κ2) is 9.50. The summed E-state index contributed by atoms with van der Waals surface area (Å²) in [4.78, 5) is 21.2. The number of aryl methyl sites for hydroxylation is 1. The lowest BCUT2D eigenvalue weighted by Crippen LogP contribution is -2.24. The molecule has 0 aliphatic carbocycles. The van der Waals surface area contributed by atoms with Gasteiger partial charge in [-0.1, -0.05) is 36.5 Å². The molecule has 0 atom stereocenters. The van der Waals surface area contributed by atoms with Gasteiger partial charge >= 0.3 is 0 Å². The van der Waals surface area contributed by atoms with Crippen LogP contribution in [0.1, 0.15) is 29.8 Å². The van der Waals surface area contributed by atoms with E-state index < -0.39 is 5.91 Å². The highest BCUT2D eigenvalue weighted by Gasteiger charge is 2.14. The third-order valence-corrected chi connectivity index (χ3v) is 4.05. The number of hydroxylamine groups is 1. The lowest BCUT2D eigenvalue weighted by Gasteiger charge is -2.16. The molecule has 0 aliphatic rings. The SMILES string of the molecule is CCONC(=O)c1cnc(Cl)cc1Nc1ccc(C)cc1NSCC. The average molecular weight is 381 g/mol. The predicted octanol–water partition coefficient (Wildman–Crippen LogP) is 4.55. The molecular formula is C17H21ClN4O2S. The number of halogens is 1. The van der Waals surface area contributed by atoms with Crippen LogP contribution in [-0.2, 0) is 4.84 Å². The number of amides is 1. The summed E-state index contributed by atoms with van der Waals surface area (Å²) in [5.74, 6) is 0.536. The van der Waals surface area contributed by atoms with Crippen molar-refractivity contribution in [2.75, 3.05) is 22.4 Å². The highest BCUT2D eigenvalue weighted by Crippen LogP contribution is 2.30. The van der Waals surface area contributed by atoms with E-state index in [2.05, 4.69) is 27.4 Å². The van der Waals surface area contributed by atoms with Gasteiger partial charge in [-0.25, -0.2) is 10.5 Å². The molecule has 6 nitrogen and oxygen atoms in total. The average Bonchev–Trinajstić information content (AvgIpc) is 2.60. The van der Waals surface area contributed by atoms with E-state index in [1.165, 1.54) is 6.20 Å². The highest BCUT2D eigenvalue weighted by molar-refractivity contribution is 8.00. The molecule has 0 fully saturated rings. The first-order valence-electron chi connectivity index (χ1n) is 7.88. The minimum Gasteiger partial charge on any atom is -0.353 e. The topological polar surface area (TPSA) is 75.3 Å². The van der Waals surface area contributed by atoms with Gasteiger partial charge in [0.2, 0.25) is 0 Å². The number of carbonyl (C=O) groups is 1. The summed E-state index contributed by atoms with van der Waals surface area (Å²) in [5, 5.41) is 3.55. The number of pyridine rings is 1. The van der Waals surface area contributed by atoms with E-state index in [-0.39, 0.29) is 0 Å². The molecule has 0 saturated carbocycles. The molecule has 2 rings (SSSR count). The quantitative estimate of drug-likeness (QED) is 0.354. The van der Waals surface area contributed by atoms with Gasteiger partial charge in [0.25, 0.3) is 5.91 Å². The second-order valence-electron chi connectivity index (χ2n) is 5.13. The maximum Gasteiger partial charge on any atom is 0.278 e. The summed E-state index contributed by atoms with van der Waals surface area (Å²) < 4.78 is 3.30. The first-order chi connectivity index (χ1) is 12.0. The molecule has 1 aromatic heterocycles. The molecule has 0 aliphatic heterocycles. The summed E-state index contributed by atoms with van der Waals surface area (Å²) in [6.07, 6.45) is 1.42. The van der Waals surface area contributed by atoms with Gasteiger partial charge in [0.05, 0.1) is 29.2 Å². The Hall–Kier alpha value is -1.96. The van der Waals surface area contributed by atoms with Crippen molar-refractivity contribution in [2.24, 2.45) is 0 Å². The lowest BCUT2D eigenvalue weighted by molar-refractivity contribution is 0.0365. The molecule has 0 unspecified atom stereocenters. The normalized spacial score (nSPS) is 10.4. The third-order valence-electron chi connectivity index (χ3n) is 3.20. The number of hydrogen-bond acceptors (Lipinski definition) is 6. The van der Waals surface area contributed by atoms with Crippen LogP contribution in [0.3, 0.4) is 0 Å². The number of hydrogen-bond donors (Lipinski definition) is 3. The first-order valence-corrected chi connectivity index (χ1v) is 9.24. The minimum absolute atomic E-state index is 0.292. The zero-order valence-electron chi connectivity index (χ0n) is 14.4. The zero-order valence-corrected chi connectivity index (χ0v) is 15.9. The smallest absolute Gasteiger partial charge is 0.278 e. The van der Waals surface area contributed by atoms with Gasteiger partial charge < -0.3 is 10.0 Å². The van der Waals surface area contributed by atoms with E-state index in [0.717, 1.165) is 22.7 Å². The highest BCUT2D eigenvalue weighted by atomic mass is 35.5. The van der Waals surface area contributed by atoms with Crippen molar-refractivity contribution in [3.63, 3.8) is 0 Å². The Balaban J connectivity index is 2.33. The predicted molar refractivity (Wildman–Crippen MR) is 105 cm³/mol. The van der Waals surface area contributed by atoms with Gasteiger partial charge in [-0.15, -0.1) is 0 Å². The summed E-state index contributed by atoms with van der Waals surface area (Å²) in [7, 11) is 0. The largest absolute Gasteiger partial charge is 0.353 e. The van der Waals surface area contributed by atoms with Gasteiger partial charge in [-0.3, -0.25) is 9.63 Å². The van der Waals surface area contributed by atoms with Crippen LogP contribution in [0.15, 0.2) is 30.5 Å². The Morgan fingerprint density at radius 2 is 2.04 bits per heavy atom. The molecule has 1 amide bonds. The Bertz CT molecular complexity index is 743. The van der Waals surface area contributed by atoms with Crippen LogP contribution in [0, 0.1) is 6.92 Å². The maximum atomic E-state index is 12.3. The fourth-order valence-electron chi connectivity index (χ4n) is 2.05. The van der Waals surface area contributed by atoms with E-state index in [9.17, 15) is 4.79 Å². The van der Waals surface area contributed by atoms with Crippen molar-refractivity contribution in [1.82, 2.24) is 10.5 Å². The minimum atomic E-state index is -0.391. The fraction of sp³-hybridized carbons (Fsp3) is 0.294. The van der Waals surface area contributed by atoms with E-state index in [4.69, 9.17) is 16.4 Å². The molecule has 2 aromatic rings. The molecule has 134 valence electrons. The summed E-state index contributed by atoms with van der Waals surface area (Å²) in [6, 6.07) is 7.59. The zero-order chi connectivity index (χ0) is 18.2. The fourth-order valence-corrected chi connectivity index (χ4v) is 2.68. The molecule has 0 radical (unpaired) electrons. The van der Waals surface area contributed by atoms with Crippen molar-refractivity contribution in [3.05, 3.63) is 46.7 Å². The van der Waals surface area contributed by atoms with Crippen LogP contribution < -0.4 is 15.5 Å². The maximum absolute atomic E-state index is 12.3. The second-order valence-corrected chi connectivity index (χ2v) is 6.58. The third kappa shape index (κ3) is 5.52. The Labute approximate surface area is 156 Å². The molecule has 1 aromatic carbocycles. The lowest BCUT2D eigenvalue weighted by atomic mass is 10.1. The molecule has 0 bridgehead atoms. The van der Waals surface area contributed by atoms with Crippen LogP contribution in [0.2, 0.25) is 5.15 Å². The number of nitrogens with one attached hydrogen (secondary N) is 3. The number of anilines is 3. The van der Waals surface area contributed by atoms with Gasteiger partial charge in [0.1, 0.15) is 5.15 Å². The van der Waals surface area contributed by atoms with Crippen LogP contribution in [-0.4, -0.2) is 23.3 Å². The monoisotopic (exact) mass is 380 g/mol. The number of rotatable bonds is 8. The molecule has 0 spiro atoms. The van der Waals surface area contributed by atoms with Crippen molar-refractivity contribution in [3.8, 4) is 0 Å². The van der Waals surface area contributed by atoms with E-state index in [1.807, 2.05) is 25.1 Å². The van der Waals surface area contributed by atoms with E-state index in [1.54, 1.807) is 24.9 Å². The Morgan fingerprint density at radius 1 is 1.24 bits per heavy atom. The molecule has 25 heavy (non-hydrogen) atoms. The first kappa shape index (κ1) is 19.4.